The van der Waals surface area contributed by atoms with E-state index in [0.717, 1.165) is 16.7 Å². The van der Waals surface area contributed by atoms with E-state index < -0.39 is 11.9 Å². The largest absolute Gasteiger partial charge is 0.504 e. The maximum atomic E-state index is 11.7. The molecule has 0 saturated heterocycles. The van der Waals surface area contributed by atoms with Crippen LogP contribution in [0.1, 0.15) is 28.2 Å². The summed E-state index contributed by atoms with van der Waals surface area (Å²) in [6, 6.07) is 10.9. The van der Waals surface area contributed by atoms with Gasteiger partial charge >= 0.3 is 5.97 Å². The zero-order valence-electron chi connectivity index (χ0n) is 13.0. The van der Waals surface area contributed by atoms with E-state index in [1.54, 1.807) is 18.2 Å². The molecule has 0 bridgehead atoms. The van der Waals surface area contributed by atoms with Gasteiger partial charge in [0, 0.05) is 0 Å². The summed E-state index contributed by atoms with van der Waals surface area (Å²) >= 11 is 0. The number of hydrogen-bond donors (Lipinski definition) is 2. The number of carboxylic acid groups (broad SMARTS) is 1. The maximum absolute atomic E-state index is 11.7. The van der Waals surface area contributed by atoms with Gasteiger partial charge < -0.3 is 14.9 Å². The fraction of sp³-hybridized carbons (Fsp3) is 0.278. The van der Waals surface area contributed by atoms with Gasteiger partial charge in [-0.05, 0) is 43.0 Å². The van der Waals surface area contributed by atoms with Gasteiger partial charge in [-0.1, -0.05) is 35.9 Å². The minimum absolute atomic E-state index is 0.00144. The maximum Gasteiger partial charge on any atom is 0.311 e. The van der Waals surface area contributed by atoms with Crippen molar-refractivity contribution in [1.82, 2.24) is 0 Å². The van der Waals surface area contributed by atoms with Crippen LogP contribution in [0, 0.1) is 13.8 Å². The van der Waals surface area contributed by atoms with E-state index in [1.165, 1.54) is 7.11 Å². The Bertz CT molecular complexity index is 691. The lowest BCUT2D eigenvalue weighted by molar-refractivity contribution is -0.138. The SMILES string of the molecule is COc1cccc(CC(C(=O)O)c2cc(C)ccc2C)c1O. The number of hydrogen-bond acceptors (Lipinski definition) is 3. The highest BCUT2D eigenvalue weighted by molar-refractivity contribution is 5.77. The molecule has 2 aromatic rings. The number of aryl methyl sites for hydroxylation is 2. The monoisotopic (exact) mass is 300 g/mol. The molecule has 0 radical (unpaired) electrons. The van der Waals surface area contributed by atoms with E-state index in [-0.39, 0.29) is 12.2 Å². The Morgan fingerprint density at radius 3 is 2.59 bits per heavy atom. The molecular formula is C18H20O4. The summed E-state index contributed by atoms with van der Waals surface area (Å²) < 4.78 is 5.08. The second-order valence-electron chi connectivity index (χ2n) is 5.42. The second kappa shape index (κ2) is 6.52. The minimum Gasteiger partial charge on any atom is -0.504 e. The smallest absolute Gasteiger partial charge is 0.311 e. The number of carboxylic acids is 1. The molecule has 0 aliphatic carbocycles. The Hall–Kier alpha value is -2.49. The van der Waals surface area contributed by atoms with E-state index in [1.807, 2.05) is 32.0 Å². The Balaban J connectivity index is 2.42. The van der Waals surface area contributed by atoms with Crippen LogP contribution >= 0.6 is 0 Å². The van der Waals surface area contributed by atoms with Crippen LogP contribution in [0.15, 0.2) is 36.4 Å². The summed E-state index contributed by atoms with van der Waals surface area (Å²) in [4.78, 5) is 11.7. The van der Waals surface area contributed by atoms with E-state index in [4.69, 9.17) is 4.74 Å². The molecule has 0 aliphatic heterocycles. The fourth-order valence-electron chi connectivity index (χ4n) is 2.58. The highest BCUT2D eigenvalue weighted by atomic mass is 16.5. The minimum atomic E-state index is -0.907. The third-order valence-corrected chi connectivity index (χ3v) is 3.83. The molecule has 2 aromatic carbocycles. The first-order chi connectivity index (χ1) is 10.4. The third kappa shape index (κ3) is 3.22. The van der Waals surface area contributed by atoms with Crippen LogP contribution in [0.5, 0.6) is 11.5 Å². The van der Waals surface area contributed by atoms with Gasteiger partial charge in [0.2, 0.25) is 0 Å². The van der Waals surface area contributed by atoms with Crippen molar-refractivity contribution in [3.05, 3.63) is 58.7 Å². The Morgan fingerprint density at radius 2 is 1.95 bits per heavy atom. The van der Waals surface area contributed by atoms with Gasteiger partial charge in [-0.15, -0.1) is 0 Å². The molecule has 0 spiro atoms. The number of aromatic hydroxyl groups is 1. The van der Waals surface area contributed by atoms with Gasteiger partial charge in [-0.25, -0.2) is 0 Å². The summed E-state index contributed by atoms with van der Waals surface area (Å²) in [5.74, 6) is -1.27. The van der Waals surface area contributed by atoms with Gasteiger partial charge in [0.25, 0.3) is 0 Å². The van der Waals surface area contributed by atoms with Crippen LogP contribution in [-0.4, -0.2) is 23.3 Å². The van der Waals surface area contributed by atoms with Crippen molar-refractivity contribution in [3.8, 4) is 11.5 Å². The van der Waals surface area contributed by atoms with Crippen molar-refractivity contribution in [2.24, 2.45) is 0 Å². The van der Waals surface area contributed by atoms with Crippen LogP contribution in [0.2, 0.25) is 0 Å². The first-order valence-corrected chi connectivity index (χ1v) is 7.08. The molecule has 2 N–H and O–H groups in total. The molecule has 2 rings (SSSR count). The van der Waals surface area contributed by atoms with E-state index in [2.05, 4.69) is 0 Å². The normalized spacial score (nSPS) is 12.0. The number of carbonyl (C=O) groups is 1. The van der Waals surface area contributed by atoms with Gasteiger partial charge in [0.15, 0.2) is 11.5 Å². The molecule has 22 heavy (non-hydrogen) atoms. The Morgan fingerprint density at radius 1 is 1.23 bits per heavy atom. The van der Waals surface area contributed by atoms with E-state index >= 15 is 0 Å². The van der Waals surface area contributed by atoms with Crippen molar-refractivity contribution < 1.29 is 19.7 Å². The standard InChI is InChI=1S/C18H20O4/c1-11-7-8-12(2)14(9-11)15(18(20)21)10-13-5-4-6-16(22-3)17(13)19/h4-9,15,19H,10H2,1-3H3,(H,20,21). The number of ether oxygens (including phenoxy) is 1. The lowest BCUT2D eigenvalue weighted by atomic mass is 9.88. The third-order valence-electron chi connectivity index (χ3n) is 3.83. The molecule has 4 nitrogen and oxygen atoms in total. The molecule has 0 fully saturated rings. The topological polar surface area (TPSA) is 66.8 Å². The molecule has 116 valence electrons. The lowest BCUT2D eigenvalue weighted by Gasteiger charge is -2.17. The quantitative estimate of drug-likeness (QED) is 0.888. The molecular weight excluding hydrogens is 280 g/mol. The molecule has 0 amide bonds. The summed E-state index contributed by atoms with van der Waals surface area (Å²) in [6.45, 7) is 3.83. The van der Waals surface area contributed by atoms with Gasteiger partial charge in [0.1, 0.15) is 0 Å². The van der Waals surface area contributed by atoms with Crippen molar-refractivity contribution >= 4 is 5.97 Å². The molecule has 0 saturated carbocycles. The second-order valence-corrected chi connectivity index (χ2v) is 5.42. The number of phenols is 1. The van der Waals surface area contributed by atoms with Crippen LogP contribution in [-0.2, 0) is 11.2 Å². The number of aliphatic carboxylic acids is 1. The average molecular weight is 300 g/mol. The average Bonchev–Trinajstić information content (AvgIpc) is 2.48. The van der Waals surface area contributed by atoms with Gasteiger partial charge in [-0.2, -0.15) is 0 Å². The molecule has 0 aliphatic rings. The predicted octanol–water partition coefficient (Wildman–Crippen LogP) is 3.43. The Labute approximate surface area is 130 Å². The van der Waals surface area contributed by atoms with Crippen molar-refractivity contribution in [2.75, 3.05) is 7.11 Å². The fourth-order valence-corrected chi connectivity index (χ4v) is 2.58. The summed E-state index contributed by atoms with van der Waals surface area (Å²) in [7, 11) is 1.47. The van der Waals surface area contributed by atoms with Crippen LogP contribution < -0.4 is 4.74 Å². The first kappa shape index (κ1) is 15.9. The van der Waals surface area contributed by atoms with Crippen molar-refractivity contribution in [3.63, 3.8) is 0 Å². The van der Waals surface area contributed by atoms with Crippen molar-refractivity contribution in [1.29, 1.82) is 0 Å². The van der Waals surface area contributed by atoms with E-state index in [9.17, 15) is 15.0 Å². The summed E-state index contributed by atoms with van der Waals surface area (Å²) in [5.41, 5.74) is 3.28. The first-order valence-electron chi connectivity index (χ1n) is 7.08. The number of methoxy groups -OCH3 is 1. The summed E-state index contributed by atoms with van der Waals surface area (Å²) in [6.07, 6.45) is 0.211. The highest BCUT2D eigenvalue weighted by Gasteiger charge is 2.24. The number of benzene rings is 2. The lowest BCUT2D eigenvalue weighted by Crippen LogP contribution is -2.16. The molecule has 1 unspecified atom stereocenters. The zero-order valence-corrected chi connectivity index (χ0v) is 13.0. The highest BCUT2D eigenvalue weighted by Crippen LogP contribution is 2.34. The Kier molecular flexibility index (Phi) is 4.71. The molecule has 4 heteroatoms. The predicted molar refractivity (Wildman–Crippen MR) is 84.7 cm³/mol. The molecule has 0 aromatic heterocycles. The number of phenolic OH excluding ortho intramolecular Hbond substituents is 1. The number of rotatable bonds is 5. The van der Waals surface area contributed by atoms with Crippen molar-refractivity contribution in [2.45, 2.75) is 26.2 Å². The summed E-state index contributed by atoms with van der Waals surface area (Å²) in [5, 5.41) is 19.8. The van der Waals surface area contributed by atoms with Crippen LogP contribution in [0.25, 0.3) is 0 Å². The molecule has 0 heterocycles. The van der Waals surface area contributed by atoms with Crippen LogP contribution in [0.3, 0.4) is 0 Å². The van der Waals surface area contributed by atoms with Gasteiger partial charge in [-0.3, -0.25) is 4.79 Å². The van der Waals surface area contributed by atoms with Crippen LogP contribution in [0.4, 0.5) is 0 Å². The zero-order chi connectivity index (χ0) is 16.3. The molecule has 1 atom stereocenters. The van der Waals surface area contributed by atoms with Gasteiger partial charge in [0.05, 0.1) is 13.0 Å². The van der Waals surface area contributed by atoms with E-state index in [0.29, 0.717) is 11.3 Å². The number of para-hydroxylation sites is 1.